The molecule has 36 heavy (non-hydrogen) atoms. The summed E-state index contributed by atoms with van der Waals surface area (Å²) >= 11 is 6.38. The third-order valence-corrected chi connectivity index (χ3v) is 7.18. The van der Waals surface area contributed by atoms with Gasteiger partial charge in [0.2, 0.25) is 0 Å². The van der Waals surface area contributed by atoms with E-state index in [0.29, 0.717) is 53.4 Å². The van der Waals surface area contributed by atoms with Gasteiger partial charge in [0.15, 0.2) is 11.2 Å². The van der Waals surface area contributed by atoms with Crippen LogP contribution < -0.4 is 11.2 Å². The summed E-state index contributed by atoms with van der Waals surface area (Å²) in [5.74, 6) is 0.134. The molecular formula is C28H40ClFN4O2. The molecule has 2 aliphatic carbocycles. The highest BCUT2D eigenvalue weighted by Crippen LogP contribution is 2.28. The third-order valence-electron chi connectivity index (χ3n) is 6.80. The Balaban J connectivity index is 0.000000444. The van der Waals surface area contributed by atoms with Gasteiger partial charge in [-0.15, -0.1) is 0 Å². The largest absolute Gasteiger partial charge is 0.332 e. The number of imidazole rings is 1. The van der Waals surface area contributed by atoms with E-state index in [1.807, 2.05) is 32.9 Å². The van der Waals surface area contributed by atoms with E-state index in [2.05, 4.69) is 4.98 Å². The van der Waals surface area contributed by atoms with E-state index >= 15 is 0 Å². The number of fused-ring (bicyclic) bond motifs is 1. The molecule has 0 radical (unpaired) electrons. The van der Waals surface area contributed by atoms with Crippen LogP contribution in [-0.4, -0.2) is 18.7 Å². The Morgan fingerprint density at radius 1 is 1.03 bits per heavy atom. The molecule has 0 aromatic carbocycles. The molecule has 2 aliphatic rings. The predicted octanol–water partition coefficient (Wildman–Crippen LogP) is 7.09. The summed E-state index contributed by atoms with van der Waals surface area (Å²) in [6.45, 7) is 7.79. The highest BCUT2D eigenvalue weighted by molar-refractivity contribution is 6.30. The number of rotatable bonds is 5. The molecule has 0 bridgehead atoms. The molecule has 6 nitrogen and oxygen atoms in total. The zero-order chi connectivity index (χ0) is 26.2. The number of aryl methyl sites for hydroxylation is 1. The molecule has 0 atom stereocenters. The van der Waals surface area contributed by atoms with Gasteiger partial charge >= 0.3 is 5.69 Å². The van der Waals surface area contributed by atoms with E-state index < -0.39 is 11.4 Å². The predicted molar refractivity (Wildman–Crippen MR) is 146 cm³/mol. The molecule has 0 aliphatic heterocycles. The van der Waals surface area contributed by atoms with E-state index in [4.69, 9.17) is 11.6 Å². The Kier molecular flexibility index (Phi) is 10.3. The molecule has 0 amide bonds. The van der Waals surface area contributed by atoms with E-state index in [-0.39, 0.29) is 18.3 Å². The Bertz CT molecular complexity index is 1240. The second-order valence-electron chi connectivity index (χ2n) is 9.94. The number of aromatic nitrogens is 4. The van der Waals surface area contributed by atoms with Gasteiger partial charge in [0, 0.05) is 29.6 Å². The maximum atomic E-state index is 14.7. The van der Waals surface area contributed by atoms with Crippen LogP contribution >= 0.6 is 11.6 Å². The standard InChI is InChI=1S/C21H26ClFN4O2.C7H14/c1-5-11-25-20(28)18-19(27(13(2)3)21(25)29)24-14(4)26(18)12-15-16(22)9-7-6-8-10-17(15)23;1-2-4-6-7-5-3-1/h6-7,10,13H,5,8-9,11-12H2,1-4H3;1-7H2/b7-6-,16-15+,17-10?;. The number of allylic oxidation sites excluding steroid dienone is 6. The smallest absolute Gasteiger partial charge is 0.318 e. The lowest BCUT2D eigenvalue weighted by Gasteiger charge is -2.16. The first kappa shape index (κ1) is 28.2. The van der Waals surface area contributed by atoms with E-state index in [0.717, 1.165) is 0 Å². The summed E-state index contributed by atoms with van der Waals surface area (Å²) in [5.41, 5.74) is 0.181. The Morgan fingerprint density at radius 3 is 2.19 bits per heavy atom. The molecule has 0 spiro atoms. The van der Waals surface area contributed by atoms with Crippen molar-refractivity contribution in [2.45, 2.75) is 111 Å². The Labute approximate surface area is 218 Å². The molecule has 2 heterocycles. The number of nitrogens with zero attached hydrogens (tertiary/aromatic N) is 4. The average Bonchev–Trinajstić information content (AvgIpc) is 3.00. The average molecular weight is 519 g/mol. The summed E-state index contributed by atoms with van der Waals surface area (Å²) in [5, 5.41) is 0.391. The van der Waals surface area contributed by atoms with Crippen LogP contribution in [0.15, 0.2) is 44.2 Å². The fraction of sp³-hybridized carbons (Fsp3) is 0.607. The Morgan fingerprint density at radius 2 is 1.64 bits per heavy atom. The minimum absolute atomic E-state index is 0.0784. The molecule has 2 aromatic rings. The van der Waals surface area contributed by atoms with Crippen LogP contribution in [0.2, 0.25) is 0 Å². The molecule has 0 N–H and O–H groups in total. The van der Waals surface area contributed by atoms with Crippen LogP contribution in [0.5, 0.6) is 0 Å². The first-order valence-electron chi connectivity index (χ1n) is 13.4. The monoisotopic (exact) mass is 518 g/mol. The molecule has 8 heteroatoms. The molecule has 4 rings (SSSR count). The minimum atomic E-state index is -0.406. The second-order valence-corrected chi connectivity index (χ2v) is 10.4. The lowest BCUT2D eigenvalue weighted by atomic mass is 10.1. The van der Waals surface area contributed by atoms with Gasteiger partial charge in [-0.25, -0.2) is 14.2 Å². The van der Waals surface area contributed by atoms with Gasteiger partial charge in [0.1, 0.15) is 11.7 Å². The molecular weight excluding hydrogens is 479 g/mol. The molecule has 0 unspecified atom stereocenters. The van der Waals surface area contributed by atoms with E-state index in [1.54, 1.807) is 11.5 Å². The second kappa shape index (κ2) is 13.2. The Hall–Kier alpha value is -2.41. The van der Waals surface area contributed by atoms with Gasteiger partial charge in [-0.3, -0.25) is 13.9 Å². The molecule has 1 saturated carbocycles. The van der Waals surface area contributed by atoms with Crippen LogP contribution in [0.1, 0.15) is 96.8 Å². The minimum Gasteiger partial charge on any atom is -0.318 e. The maximum absolute atomic E-state index is 14.7. The summed E-state index contributed by atoms with van der Waals surface area (Å²) in [6, 6.07) is -0.178. The number of hydrogen-bond acceptors (Lipinski definition) is 3. The maximum Gasteiger partial charge on any atom is 0.332 e. The molecule has 198 valence electrons. The van der Waals surface area contributed by atoms with Crippen molar-refractivity contribution in [3.8, 4) is 0 Å². The fourth-order valence-electron chi connectivity index (χ4n) is 4.83. The van der Waals surface area contributed by atoms with Crippen LogP contribution in [0.3, 0.4) is 0 Å². The zero-order valence-corrected chi connectivity index (χ0v) is 22.9. The van der Waals surface area contributed by atoms with Gasteiger partial charge in [0.25, 0.3) is 5.56 Å². The zero-order valence-electron chi connectivity index (χ0n) is 22.2. The first-order chi connectivity index (χ1) is 17.3. The lowest BCUT2D eigenvalue weighted by Crippen LogP contribution is -2.41. The highest BCUT2D eigenvalue weighted by Gasteiger charge is 2.23. The first-order valence-corrected chi connectivity index (χ1v) is 13.8. The number of halogens is 2. The van der Waals surface area contributed by atoms with Crippen LogP contribution in [0.4, 0.5) is 4.39 Å². The van der Waals surface area contributed by atoms with Gasteiger partial charge in [-0.1, -0.05) is 75.6 Å². The van der Waals surface area contributed by atoms with Crippen molar-refractivity contribution in [1.29, 1.82) is 0 Å². The fourth-order valence-corrected chi connectivity index (χ4v) is 5.07. The topological polar surface area (TPSA) is 61.8 Å². The van der Waals surface area contributed by atoms with E-state index in [9.17, 15) is 14.0 Å². The van der Waals surface area contributed by atoms with Crippen molar-refractivity contribution >= 4 is 22.8 Å². The molecule has 0 saturated heterocycles. The quantitative estimate of drug-likeness (QED) is 0.313. The van der Waals surface area contributed by atoms with E-state index in [1.165, 1.54) is 60.2 Å². The summed E-state index contributed by atoms with van der Waals surface area (Å²) < 4.78 is 19.2. The normalized spacial score (nSPS) is 19.8. The summed E-state index contributed by atoms with van der Waals surface area (Å²) in [6.07, 6.45) is 17.3. The van der Waals surface area contributed by atoms with Crippen molar-refractivity contribution in [2.75, 3.05) is 0 Å². The van der Waals surface area contributed by atoms with Gasteiger partial charge in [-0.2, -0.15) is 0 Å². The summed E-state index contributed by atoms with van der Waals surface area (Å²) in [4.78, 5) is 30.6. The van der Waals surface area contributed by atoms with Crippen LogP contribution in [0.25, 0.3) is 11.2 Å². The molecule has 2 aromatic heterocycles. The molecule has 1 fully saturated rings. The van der Waals surface area contributed by atoms with Crippen molar-refractivity contribution in [3.05, 3.63) is 61.3 Å². The lowest BCUT2D eigenvalue weighted by molar-refractivity contribution is 0.518. The van der Waals surface area contributed by atoms with Crippen LogP contribution in [-0.2, 0) is 13.1 Å². The van der Waals surface area contributed by atoms with Gasteiger partial charge in [0.05, 0.1) is 6.54 Å². The SMILES string of the molecule is C1CCCCCC1.CCCn1c(=O)c2c(nc(C)n2C/C2=C(\Cl)C/C=C\CC=C2F)n(C(C)C)c1=O. The highest BCUT2D eigenvalue weighted by atomic mass is 35.5. The summed E-state index contributed by atoms with van der Waals surface area (Å²) in [7, 11) is 0. The number of hydrogen-bond donors (Lipinski definition) is 0. The van der Waals surface area contributed by atoms with Gasteiger partial charge < -0.3 is 4.57 Å². The van der Waals surface area contributed by atoms with Crippen molar-refractivity contribution in [1.82, 2.24) is 18.7 Å². The third kappa shape index (κ3) is 6.47. The van der Waals surface area contributed by atoms with Crippen molar-refractivity contribution in [2.24, 2.45) is 0 Å². The van der Waals surface area contributed by atoms with Crippen molar-refractivity contribution in [3.63, 3.8) is 0 Å². The van der Waals surface area contributed by atoms with Crippen LogP contribution in [0, 0.1) is 6.92 Å². The van der Waals surface area contributed by atoms with Gasteiger partial charge in [-0.05, 0) is 39.7 Å². The van der Waals surface area contributed by atoms with Crippen molar-refractivity contribution < 1.29 is 4.39 Å².